The van der Waals surface area contributed by atoms with Gasteiger partial charge in [0, 0.05) is 13.1 Å². The summed E-state index contributed by atoms with van der Waals surface area (Å²) in [5, 5.41) is 26.8. The number of hydrogen-bond donors (Lipinski definition) is 1. The number of anilines is 2. The van der Waals surface area contributed by atoms with Crippen LogP contribution in [0.2, 0.25) is 0 Å². The Labute approximate surface area is 118 Å². The third-order valence-corrected chi connectivity index (χ3v) is 3.01. The molecule has 0 saturated carbocycles. The molecular formula is C15H15N5. The topological polar surface area (TPSA) is 101 Å². The number of nitrogen functional groups attached to an aromatic ring is 1. The van der Waals surface area contributed by atoms with Gasteiger partial charge in [-0.05, 0) is 31.5 Å². The Morgan fingerprint density at radius 1 is 1.10 bits per heavy atom. The zero-order valence-corrected chi connectivity index (χ0v) is 11.5. The maximum absolute atomic E-state index is 9.11. The van der Waals surface area contributed by atoms with Gasteiger partial charge in [0.2, 0.25) is 0 Å². The van der Waals surface area contributed by atoms with E-state index in [0.29, 0.717) is 11.3 Å². The van der Waals surface area contributed by atoms with Crippen LogP contribution in [-0.2, 0) is 0 Å². The predicted octanol–water partition coefficient (Wildman–Crippen LogP) is 2.44. The second-order valence-electron chi connectivity index (χ2n) is 4.03. The first-order valence-corrected chi connectivity index (χ1v) is 6.22. The Balaban J connectivity index is 3.37. The smallest absolute Gasteiger partial charge is 0.148 e. The van der Waals surface area contributed by atoms with Crippen LogP contribution in [0.5, 0.6) is 0 Å². The van der Waals surface area contributed by atoms with Crippen LogP contribution in [0.4, 0.5) is 11.4 Å². The maximum atomic E-state index is 9.11. The van der Waals surface area contributed by atoms with Gasteiger partial charge in [-0.15, -0.1) is 0 Å². The lowest BCUT2D eigenvalue weighted by Crippen LogP contribution is -2.22. The van der Waals surface area contributed by atoms with Crippen molar-refractivity contribution in [3.05, 3.63) is 29.3 Å². The molecule has 0 aromatic heterocycles. The van der Waals surface area contributed by atoms with Crippen LogP contribution in [-0.4, -0.2) is 13.1 Å². The summed E-state index contributed by atoms with van der Waals surface area (Å²) < 4.78 is 0. The van der Waals surface area contributed by atoms with Crippen LogP contribution in [0.3, 0.4) is 0 Å². The van der Waals surface area contributed by atoms with Gasteiger partial charge in [-0.3, -0.25) is 0 Å². The summed E-state index contributed by atoms with van der Waals surface area (Å²) in [5.41, 5.74) is 7.74. The van der Waals surface area contributed by atoms with Crippen molar-refractivity contribution in [3.63, 3.8) is 0 Å². The molecule has 0 unspecified atom stereocenters. The Bertz CT molecular complexity index is 632. The van der Waals surface area contributed by atoms with Gasteiger partial charge in [0.25, 0.3) is 0 Å². The quantitative estimate of drug-likeness (QED) is 0.665. The highest BCUT2D eigenvalue weighted by Crippen LogP contribution is 2.28. The minimum atomic E-state index is -0.206. The van der Waals surface area contributed by atoms with Crippen molar-refractivity contribution in [2.75, 3.05) is 23.7 Å². The van der Waals surface area contributed by atoms with Crippen LogP contribution in [0.1, 0.15) is 19.4 Å². The molecule has 100 valence electrons. The van der Waals surface area contributed by atoms with E-state index < -0.39 is 0 Å². The van der Waals surface area contributed by atoms with Crippen LogP contribution in [0, 0.1) is 34.0 Å². The van der Waals surface area contributed by atoms with Crippen molar-refractivity contribution in [1.82, 2.24) is 0 Å². The molecule has 0 radical (unpaired) electrons. The summed E-state index contributed by atoms with van der Waals surface area (Å²) in [6.07, 6.45) is 0. The molecule has 5 nitrogen and oxygen atoms in total. The molecule has 0 spiro atoms. The second-order valence-corrected chi connectivity index (χ2v) is 4.03. The Morgan fingerprint density at radius 3 is 2.10 bits per heavy atom. The van der Waals surface area contributed by atoms with E-state index in [-0.39, 0.29) is 11.1 Å². The molecule has 0 saturated heterocycles. The van der Waals surface area contributed by atoms with E-state index in [9.17, 15) is 0 Å². The lowest BCUT2D eigenvalue weighted by molar-refractivity contribution is 0.868. The van der Waals surface area contributed by atoms with E-state index in [0.717, 1.165) is 18.8 Å². The zero-order chi connectivity index (χ0) is 15.1. The van der Waals surface area contributed by atoms with Crippen LogP contribution in [0.25, 0.3) is 5.57 Å². The van der Waals surface area contributed by atoms with Crippen molar-refractivity contribution in [3.8, 4) is 18.2 Å². The maximum Gasteiger partial charge on any atom is 0.148 e. The molecule has 0 amide bonds. The van der Waals surface area contributed by atoms with Gasteiger partial charge < -0.3 is 10.6 Å². The molecule has 2 N–H and O–H groups in total. The summed E-state index contributed by atoms with van der Waals surface area (Å²) in [4.78, 5) is 2.09. The standard InChI is InChI=1S/C15H15N5/c1-3-20(4-2)15-6-5-11(7-14(15)19)13(10-18)12(8-16)9-17/h5-7H,3-4,19H2,1-2H3. The average Bonchev–Trinajstić information content (AvgIpc) is 2.47. The minimum Gasteiger partial charge on any atom is -0.397 e. The molecule has 1 rings (SSSR count). The Morgan fingerprint density at radius 2 is 1.70 bits per heavy atom. The van der Waals surface area contributed by atoms with Gasteiger partial charge in [0.15, 0.2) is 0 Å². The van der Waals surface area contributed by atoms with E-state index in [1.807, 2.05) is 19.9 Å². The SMILES string of the molecule is CCN(CC)c1ccc(C(C#N)=C(C#N)C#N)cc1N. The van der Waals surface area contributed by atoms with Gasteiger partial charge in [-0.1, -0.05) is 6.07 Å². The van der Waals surface area contributed by atoms with Crippen molar-refractivity contribution >= 4 is 16.9 Å². The summed E-state index contributed by atoms with van der Waals surface area (Å²) in [6.45, 7) is 5.70. The lowest BCUT2D eigenvalue weighted by atomic mass is 10.0. The third-order valence-electron chi connectivity index (χ3n) is 3.01. The summed E-state index contributed by atoms with van der Waals surface area (Å²) in [6, 6.07) is 10.5. The number of allylic oxidation sites excluding steroid dienone is 2. The van der Waals surface area contributed by atoms with Crippen LogP contribution >= 0.6 is 0 Å². The summed E-state index contributed by atoms with van der Waals surface area (Å²) in [5.74, 6) is 0. The van der Waals surface area contributed by atoms with E-state index >= 15 is 0 Å². The van der Waals surface area contributed by atoms with E-state index in [2.05, 4.69) is 4.90 Å². The summed E-state index contributed by atoms with van der Waals surface area (Å²) in [7, 11) is 0. The molecule has 1 aromatic carbocycles. The highest BCUT2D eigenvalue weighted by molar-refractivity contribution is 5.87. The highest BCUT2D eigenvalue weighted by Gasteiger charge is 2.12. The average molecular weight is 265 g/mol. The molecule has 0 bridgehead atoms. The van der Waals surface area contributed by atoms with Crippen molar-refractivity contribution < 1.29 is 0 Å². The first-order chi connectivity index (χ1) is 9.62. The normalized spacial score (nSPS) is 8.95. The van der Waals surface area contributed by atoms with Gasteiger partial charge >= 0.3 is 0 Å². The fraction of sp³-hybridized carbons (Fsp3) is 0.267. The number of rotatable bonds is 4. The van der Waals surface area contributed by atoms with E-state index in [1.165, 1.54) is 0 Å². The van der Waals surface area contributed by atoms with Gasteiger partial charge in [-0.25, -0.2) is 0 Å². The molecule has 1 aromatic rings. The molecule has 0 atom stereocenters. The molecule has 0 aliphatic rings. The predicted molar refractivity (Wildman–Crippen MR) is 78.2 cm³/mol. The molecule has 0 aliphatic heterocycles. The third kappa shape index (κ3) is 2.88. The molecule has 5 heteroatoms. The Hall–Kier alpha value is -2.97. The fourth-order valence-electron chi connectivity index (χ4n) is 1.96. The molecular weight excluding hydrogens is 250 g/mol. The number of benzene rings is 1. The first-order valence-electron chi connectivity index (χ1n) is 6.22. The number of nitrogens with two attached hydrogens (primary N) is 1. The van der Waals surface area contributed by atoms with Gasteiger partial charge in [-0.2, -0.15) is 15.8 Å². The number of nitriles is 3. The van der Waals surface area contributed by atoms with E-state index in [4.69, 9.17) is 21.5 Å². The van der Waals surface area contributed by atoms with Crippen LogP contribution < -0.4 is 10.6 Å². The lowest BCUT2D eigenvalue weighted by Gasteiger charge is -2.23. The van der Waals surface area contributed by atoms with Crippen molar-refractivity contribution in [1.29, 1.82) is 15.8 Å². The minimum absolute atomic E-state index is 0.0489. The van der Waals surface area contributed by atoms with Gasteiger partial charge in [0.05, 0.1) is 16.9 Å². The highest BCUT2D eigenvalue weighted by atomic mass is 15.1. The van der Waals surface area contributed by atoms with Crippen LogP contribution in [0.15, 0.2) is 23.8 Å². The van der Waals surface area contributed by atoms with Crippen molar-refractivity contribution in [2.45, 2.75) is 13.8 Å². The number of hydrogen-bond acceptors (Lipinski definition) is 5. The zero-order valence-electron chi connectivity index (χ0n) is 11.5. The largest absolute Gasteiger partial charge is 0.397 e. The van der Waals surface area contributed by atoms with E-state index in [1.54, 1.807) is 30.3 Å². The molecule has 0 aliphatic carbocycles. The van der Waals surface area contributed by atoms with Gasteiger partial charge in [0.1, 0.15) is 23.8 Å². The first kappa shape index (κ1) is 15.1. The molecule has 20 heavy (non-hydrogen) atoms. The monoisotopic (exact) mass is 265 g/mol. The second kappa shape index (κ2) is 6.83. The molecule has 0 heterocycles. The number of nitrogens with zero attached hydrogens (tertiary/aromatic N) is 4. The van der Waals surface area contributed by atoms with Crippen molar-refractivity contribution in [2.24, 2.45) is 0 Å². The molecule has 0 fully saturated rings. The summed E-state index contributed by atoms with van der Waals surface area (Å²) >= 11 is 0. The fourth-order valence-corrected chi connectivity index (χ4v) is 1.96. The Kier molecular flexibility index (Phi) is 5.15.